The van der Waals surface area contributed by atoms with Crippen LogP contribution in [0.3, 0.4) is 0 Å². The summed E-state index contributed by atoms with van der Waals surface area (Å²) in [5.74, 6) is 0. The van der Waals surface area contributed by atoms with Gasteiger partial charge in [0.25, 0.3) is 0 Å². The fourth-order valence-electron chi connectivity index (χ4n) is 3.47. The molecule has 0 bridgehead atoms. The van der Waals surface area contributed by atoms with Crippen LogP contribution >= 0.6 is 0 Å². The molecule has 4 rings (SSSR count). The van der Waals surface area contributed by atoms with E-state index in [9.17, 15) is 0 Å². The van der Waals surface area contributed by atoms with E-state index >= 15 is 0 Å². The number of rotatable bonds is 4. The van der Waals surface area contributed by atoms with Gasteiger partial charge in [-0.05, 0) is 57.1 Å². The van der Waals surface area contributed by atoms with Crippen LogP contribution in [0.4, 0.5) is 0 Å². The van der Waals surface area contributed by atoms with Crippen molar-refractivity contribution in [1.82, 2.24) is 0 Å². The summed E-state index contributed by atoms with van der Waals surface area (Å²) in [7, 11) is 0. The van der Waals surface area contributed by atoms with E-state index in [4.69, 9.17) is 5.11 Å². The molecule has 0 aliphatic rings. The molecule has 1 N–H and O–H groups in total. The van der Waals surface area contributed by atoms with Crippen LogP contribution in [-0.4, -0.2) is 11.7 Å². The summed E-state index contributed by atoms with van der Waals surface area (Å²) < 4.78 is 0. The third-order valence-corrected chi connectivity index (χ3v) is 4.45. The van der Waals surface area contributed by atoms with Gasteiger partial charge in [-0.25, -0.2) is 0 Å². The molecule has 0 fully saturated rings. The maximum atomic E-state index is 9.01. The molecule has 1 nitrogen and oxygen atoms in total. The quantitative estimate of drug-likeness (QED) is 0.414. The lowest BCUT2D eigenvalue weighted by molar-refractivity contribution is 0.284. The molecule has 1 heteroatoms. The van der Waals surface area contributed by atoms with Gasteiger partial charge in [0.2, 0.25) is 0 Å². The number of aliphatic hydroxyl groups excluding tert-OH is 1. The van der Waals surface area contributed by atoms with E-state index in [-0.39, 0.29) is 6.61 Å². The first-order valence-electron chi connectivity index (χ1n) is 7.65. The molecule has 21 heavy (non-hydrogen) atoms. The van der Waals surface area contributed by atoms with Crippen molar-refractivity contribution in [3.05, 3.63) is 60.2 Å². The van der Waals surface area contributed by atoms with Crippen molar-refractivity contribution in [1.29, 1.82) is 0 Å². The number of aliphatic hydroxyl groups is 1. The van der Waals surface area contributed by atoms with Crippen molar-refractivity contribution in [3.8, 4) is 0 Å². The summed E-state index contributed by atoms with van der Waals surface area (Å²) in [5.41, 5.74) is 1.40. The molecule has 0 saturated heterocycles. The van der Waals surface area contributed by atoms with Gasteiger partial charge in [0.05, 0.1) is 0 Å². The lowest BCUT2D eigenvalue weighted by Crippen LogP contribution is -1.93. The molecule has 4 aromatic carbocycles. The van der Waals surface area contributed by atoms with Crippen molar-refractivity contribution in [2.75, 3.05) is 6.61 Å². The van der Waals surface area contributed by atoms with E-state index in [1.165, 1.54) is 37.9 Å². The Morgan fingerprint density at radius 3 is 2.24 bits per heavy atom. The molecule has 4 aromatic rings. The van der Waals surface area contributed by atoms with Gasteiger partial charge in [-0.15, -0.1) is 0 Å². The Hall–Kier alpha value is -2.12. The maximum Gasteiger partial charge on any atom is 0.0431 e. The number of hydrogen-bond acceptors (Lipinski definition) is 1. The van der Waals surface area contributed by atoms with E-state index in [0.29, 0.717) is 0 Å². The van der Waals surface area contributed by atoms with Gasteiger partial charge in [0, 0.05) is 6.61 Å². The molecule has 0 heterocycles. The summed E-state index contributed by atoms with van der Waals surface area (Å²) >= 11 is 0. The number of hydrogen-bond donors (Lipinski definition) is 1. The molecule has 0 aliphatic carbocycles. The minimum absolute atomic E-state index is 0.281. The largest absolute Gasteiger partial charge is 0.396 e. The minimum atomic E-state index is 0.281. The molecule has 0 saturated carbocycles. The predicted octanol–water partition coefficient (Wildman–Crippen LogP) is 4.90. The van der Waals surface area contributed by atoms with Gasteiger partial charge >= 0.3 is 0 Å². The van der Waals surface area contributed by atoms with Gasteiger partial charge in [-0.3, -0.25) is 0 Å². The average molecular weight is 274 g/mol. The average Bonchev–Trinajstić information content (AvgIpc) is 2.53. The molecular weight excluding hydrogens is 256 g/mol. The molecule has 0 aromatic heterocycles. The molecule has 0 aliphatic heterocycles. The highest BCUT2D eigenvalue weighted by atomic mass is 16.2. The van der Waals surface area contributed by atoms with Gasteiger partial charge in [0.15, 0.2) is 0 Å². The SMILES string of the molecule is OCCCCc1cc2cccc3ccc4cccc1c4c32. The summed E-state index contributed by atoms with van der Waals surface area (Å²) in [4.78, 5) is 0. The van der Waals surface area contributed by atoms with Crippen LogP contribution in [0, 0.1) is 0 Å². The molecule has 0 unspecified atom stereocenters. The zero-order chi connectivity index (χ0) is 14.2. The molecule has 0 radical (unpaired) electrons. The zero-order valence-electron chi connectivity index (χ0n) is 12.0. The highest BCUT2D eigenvalue weighted by Gasteiger charge is 2.10. The Morgan fingerprint density at radius 2 is 1.43 bits per heavy atom. The van der Waals surface area contributed by atoms with Gasteiger partial charge < -0.3 is 5.11 Å². The van der Waals surface area contributed by atoms with Crippen LogP contribution < -0.4 is 0 Å². The Labute approximate surface area is 124 Å². The van der Waals surface area contributed by atoms with Crippen molar-refractivity contribution < 1.29 is 5.11 Å². The van der Waals surface area contributed by atoms with E-state index in [0.717, 1.165) is 19.3 Å². The Balaban J connectivity index is 2.05. The van der Waals surface area contributed by atoms with E-state index in [1.807, 2.05) is 0 Å². The van der Waals surface area contributed by atoms with Crippen LogP contribution in [0.2, 0.25) is 0 Å². The summed E-state index contributed by atoms with van der Waals surface area (Å²) in [6.07, 6.45) is 2.94. The summed E-state index contributed by atoms with van der Waals surface area (Å²) in [6, 6.07) is 19.9. The second-order valence-corrected chi connectivity index (χ2v) is 5.76. The first kappa shape index (κ1) is 12.6. The molecular formula is C20H18O. The summed E-state index contributed by atoms with van der Waals surface area (Å²) in [5, 5.41) is 17.1. The Bertz CT molecular complexity index is 907. The topological polar surface area (TPSA) is 20.2 Å². The Kier molecular flexibility index (Phi) is 3.01. The third kappa shape index (κ3) is 1.97. The first-order chi connectivity index (χ1) is 10.4. The second-order valence-electron chi connectivity index (χ2n) is 5.76. The van der Waals surface area contributed by atoms with Crippen molar-refractivity contribution in [3.63, 3.8) is 0 Å². The summed E-state index contributed by atoms with van der Waals surface area (Å²) in [6.45, 7) is 0.281. The van der Waals surface area contributed by atoms with Crippen LogP contribution in [0.15, 0.2) is 54.6 Å². The zero-order valence-corrected chi connectivity index (χ0v) is 12.0. The standard InChI is InChI=1S/C20H18O/c21-12-2-1-5-16-13-17-8-3-6-14-10-11-15-7-4-9-18(16)20(15)19(14)17/h3-4,6-11,13,21H,1-2,5,12H2. The lowest BCUT2D eigenvalue weighted by atomic mass is 9.90. The van der Waals surface area contributed by atoms with E-state index < -0.39 is 0 Å². The number of aryl methyl sites for hydroxylation is 1. The molecule has 0 atom stereocenters. The first-order valence-corrected chi connectivity index (χ1v) is 7.65. The second kappa shape index (κ2) is 5.01. The van der Waals surface area contributed by atoms with Crippen LogP contribution in [0.1, 0.15) is 18.4 Å². The lowest BCUT2D eigenvalue weighted by Gasteiger charge is -2.14. The van der Waals surface area contributed by atoms with Crippen molar-refractivity contribution in [2.24, 2.45) is 0 Å². The van der Waals surface area contributed by atoms with Gasteiger partial charge in [0.1, 0.15) is 0 Å². The number of benzene rings is 4. The predicted molar refractivity (Wildman–Crippen MR) is 90.2 cm³/mol. The fourth-order valence-corrected chi connectivity index (χ4v) is 3.47. The van der Waals surface area contributed by atoms with Crippen LogP contribution in [0.5, 0.6) is 0 Å². The van der Waals surface area contributed by atoms with Gasteiger partial charge in [-0.1, -0.05) is 54.6 Å². The van der Waals surface area contributed by atoms with E-state index in [2.05, 4.69) is 54.6 Å². The van der Waals surface area contributed by atoms with Crippen molar-refractivity contribution in [2.45, 2.75) is 19.3 Å². The third-order valence-electron chi connectivity index (χ3n) is 4.45. The Morgan fingerprint density at radius 1 is 0.714 bits per heavy atom. The smallest absolute Gasteiger partial charge is 0.0431 e. The minimum Gasteiger partial charge on any atom is -0.396 e. The number of unbranched alkanes of at least 4 members (excludes halogenated alkanes) is 1. The highest BCUT2D eigenvalue weighted by Crippen LogP contribution is 2.36. The molecule has 0 amide bonds. The fraction of sp³-hybridized carbons (Fsp3) is 0.200. The van der Waals surface area contributed by atoms with Gasteiger partial charge in [-0.2, -0.15) is 0 Å². The van der Waals surface area contributed by atoms with Crippen LogP contribution in [-0.2, 0) is 6.42 Å². The van der Waals surface area contributed by atoms with Crippen molar-refractivity contribution >= 4 is 32.3 Å². The maximum absolute atomic E-state index is 9.01. The molecule has 0 spiro atoms. The monoisotopic (exact) mass is 274 g/mol. The highest BCUT2D eigenvalue weighted by molar-refractivity contribution is 6.23. The van der Waals surface area contributed by atoms with Crippen LogP contribution in [0.25, 0.3) is 32.3 Å². The normalized spacial score (nSPS) is 11.9. The molecule has 104 valence electrons. The van der Waals surface area contributed by atoms with E-state index in [1.54, 1.807) is 0 Å².